The lowest BCUT2D eigenvalue weighted by atomic mass is 10.4. The van der Waals surface area contributed by atoms with E-state index < -0.39 is 0 Å². The molecule has 3 aromatic heterocycles. The molecule has 0 unspecified atom stereocenters. The number of anilines is 1. The van der Waals surface area contributed by atoms with Gasteiger partial charge in [-0.05, 0) is 18.8 Å². The maximum atomic E-state index is 12.4. The summed E-state index contributed by atoms with van der Waals surface area (Å²) < 4.78 is 4.49. The topological polar surface area (TPSA) is 96.0 Å². The molecule has 2 N–H and O–H groups in total. The number of rotatable bonds is 4. The van der Waals surface area contributed by atoms with E-state index in [1.165, 1.54) is 9.08 Å². The Balaban J connectivity index is 1.98. The Labute approximate surface area is 124 Å². The minimum absolute atomic E-state index is 0.126. The van der Waals surface area contributed by atoms with Gasteiger partial charge in [0, 0.05) is 12.4 Å². The Bertz CT molecular complexity index is 888. The molecule has 4 rings (SSSR count). The van der Waals surface area contributed by atoms with Crippen LogP contribution in [0.4, 0.5) is 5.95 Å². The third-order valence-electron chi connectivity index (χ3n) is 3.77. The molecule has 9 heteroatoms. The van der Waals surface area contributed by atoms with E-state index in [1.54, 1.807) is 10.9 Å². The SMILES string of the molecule is Nc1nc2c(cnn2CCCl)c2nn(CC3CC3)c(=O)n12. The minimum atomic E-state index is -0.242. The Morgan fingerprint density at radius 3 is 2.86 bits per heavy atom. The number of fused-ring (bicyclic) bond motifs is 3. The van der Waals surface area contributed by atoms with Gasteiger partial charge in [-0.1, -0.05) is 0 Å². The largest absolute Gasteiger partial charge is 0.369 e. The first-order chi connectivity index (χ1) is 10.2. The van der Waals surface area contributed by atoms with Gasteiger partial charge >= 0.3 is 5.69 Å². The lowest BCUT2D eigenvalue weighted by Crippen LogP contribution is -2.23. The van der Waals surface area contributed by atoms with Gasteiger partial charge in [-0.3, -0.25) is 0 Å². The van der Waals surface area contributed by atoms with Crippen molar-refractivity contribution in [1.29, 1.82) is 0 Å². The van der Waals surface area contributed by atoms with Gasteiger partial charge in [0.05, 0.1) is 18.1 Å². The molecule has 3 aromatic rings. The molecule has 0 radical (unpaired) electrons. The highest BCUT2D eigenvalue weighted by Gasteiger charge is 2.25. The monoisotopic (exact) mass is 307 g/mol. The molecule has 3 heterocycles. The first-order valence-corrected chi connectivity index (χ1v) is 7.39. The second-order valence-electron chi connectivity index (χ2n) is 5.33. The molecular weight excluding hydrogens is 294 g/mol. The van der Waals surface area contributed by atoms with Crippen molar-refractivity contribution in [2.45, 2.75) is 25.9 Å². The highest BCUT2D eigenvalue weighted by molar-refractivity contribution is 6.17. The van der Waals surface area contributed by atoms with E-state index >= 15 is 0 Å². The van der Waals surface area contributed by atoms with Gasteiger partial charge in [-0.25, -0.2) is 18.6 Å². The third-order valence-corrected chi connectivity index (χ3v) is 3.93. The zero-order chi connectivity index (χ0) is 14.6. The maximum Gasteiger partial charge on any atom is 0.353 e. The summed E-state index contributed by atoms with van der Waals surface area (Å²) in [6, 6.07) is 0. The van der Waals surface area contributed by atoms with E-state index in [9.17, 15) is 4.79 Å². The first kappa shape index (κ1) is 12.6. The molecule has 21 heavy (non-hydrogen) atoms. The van der Waals surface area contributed by atoms with Crippen LogP contribution >= 0.6 is 11.6 Å². The van der Waals surface area contributed by atoms with Crippen LogP contribution in [0.5, 0.6) is 0 Å². The smallest absolute Gasteiger partial charge is 0.353 e. The van der Waals surface area contributed by atoms with Crippen LogP contribution in [0, 0.1) is 5.92 Å². The van der Waals surface area contributed by atoms with Gasteiger partial charge in [0.25, 0.3) is 0 Å². The van der Waals surface area contributed by atoms with Crippen molar-refractivity contribution in [3.8, 4) is 0 Å². The molecule has 0 bridgehead atoms. The predicted octanol–water partition coefficient (Wildman–Crippen LogP) is 0.472. The van der Waals surface area contributed by atoms with Gasteiger partial charge in [-0.15, -0.1) is 16.7 Å². The fourth-order valence-electron chi connectivity index (χ4n) is 2.51. The summed E-state index contributed by atoms with van der Waals surface area (Å²) >= 11 is 5.75. The number of aryl methyl sites for hydroxylation is 1. The number of alkyl halides is 1. The summed E-state index contributed by atoms with van der Waals surface area (Å²) in [5.41, 5.74) is 6.79. The molecule has 0 saturated heterocycles. The molecule has 8 nitrogen and oxygen atoms in total. The molecule has 1 aliphatic rings. The highest BCUT2D eigenvalue weighted by Crippen LogP contribution is 2.30. The number of hydrogen-bond acceptors (Lipinski definition) is 5. The fourth-order valence-corrected chi connectivity index (χ4v) is 2.67. The number of hydrogen-bond donors (Lipinski definition) is 1. The van der Waals surface area contributed by atoms with Crippen molar-refractivity contribution in [3.63, 3.8) is 0 Å². The summed E-state index contributed by atoms with van der Waals surface area (Å²) in [6.07, 6.45) is 3.95. The molecule has 1 fully saturated rings. The lowest BCUT2D eigenvalue weighted by molar-refractivity contribution is 0.545. The second kappa shape index (κ2) is 4.45. The quantitative estimate of drug-likeness (QED) is 0.707. The van der Waals surface area contributed by atoms with E-state index in [4.69, 9.17) is 17.3 Å². The standard InChI is InChI=1S/C12H14ClN7O/c13-3-4-18-9-8(5-15-18)10-17-19(6-7-1-2-7)12(21)20(10)11(14)16-9/h5,7H,1-4,6H2,(H2,14,16). The molecule has 0 amide bonds. The third kappa shape index (κ3) is 1.90. The minimum Gasteiger partial charge on any atom is -0.369 e. The van der Waals surface area contributed by atoms with Crippen molar-refractivity contribution in [2.24, 2.45) is 5.92 Å². The molecule has 0 spiro atoms. The fraction of sp³-hybridized carbons (Fsp3) is 0.500. The number of halogens is 1. The summed E-state index contributed by atoms with van der Waals surface area (Å²) in [6.45, 7) is 1.16. The van der Waals surface area contributed by atoms with Crippen LogP contribution in [-0.4, -0.2) is 34.8 Å². The van der Waals surface area contributed by atoms with Crippen LogP contribution in [0.2, 0.25) is 0 Å². The first-order valence-electron chi connectivity index (χ1n) is 6.85. The summed E-state index contributed by atoms with van der Waals surface area (Å²) in [5, 5.41) is 9.36. The average Bonchev–Trinajstić information content (AvgIpc) is 3.10. The number of nitrogens with two attached hydrogens (primary N) is 1. The number of aromatic nitrogens is 6. The van der Waals surface area contributed by atoms with Crippen LogP contribution < -0.4 is 11.4 Å². The van der Waals surface area contributed by atoms with Crippen molar-refractivity contribution < 1.29 is 0 Å². The van der Waals surface area contributed by atoms with Gasteiger partial charge in [0.15, 0.2) is 11.3 Å². The average molecular weight is 308 g/mol. The number of nitrogen functional groups attached to an aromatic ring is 1. The van der Waals surface area contributed by atoms with Crippen molar-refractivity contribution >= 4 is 34.2 Å². The van der Waals surface area contributed by atoms with Gasteiger partial charge in [-0.2, -0.15) is 10.1 Å². The Hall–Kier alpha value is -2.09. The zero-order valence-electron chi connectivity index (χ0n) is 11.2. The van der Waals surface area contributed by atoms with Crippen LogP contribution in [-0.2, 0) is 13.1 Å². The van der Waals surface area contributed by atoms with Gasteiger partial charge in [0.1, 0.15) is 0 Å². The van der Waals surface area contributed by atoms with Gasteiger partial charge < -0.3 is 5.73 Å². The summed E-state index contributed by atoms with van der Waals surface area (Å²) in [4.78, 5) is 16.7. The molecule has 1 aliphatic carbocycles. The van der Waals surface area contributed by atoms with Crippen LogP contribution in [0.15, 0.2) is 11.0 Å². The maximum absolute atomic E-state index is 12.4. The molecule has 110 valence electrons. The van der Waals surface area contributed by atoms with Crippen molar-refractivity contribution in [3.05, 3.63) is 16.7 Å². The Kier molecular flexibility index (Phi) is 2.68. The zero-order valence-corrected chi connectivity index (χ0v) is 12.0. The van der Waals surface area contributed by atoms with Gasteiger partial charge in [0.2, 0.25) is 5.95 Å². The van der Waals surface area contributed by atoms with Crippen LogP contribution in [0.1, 0.15) is 12.8 Å². The highest BCUT2D eigenvalue weighted by atomic mass is 35.5. The summed E-state index contributed by atoms with van der Waals surface area (Å²) in [7, 11) is 0. The van der Waals surface area contributed by atoms with E-state index in [0.717, 1.165) is 12.8 Å². The molecule has 0 atom stereocenters. The Morgan fingerprint density at radius 2 is 2.14 bits per heavy atom. The normalized spacial score (nSPS) is 15.3. The number of nitrogens with zero attached hydrogens (tertiary/aromatic N) is 6. The van der Waals surface area contributed by atoms with E-state index in [2.05, 4.69) is 15.2 Å². The second-order valence-corrected chi connectivity index (χ2v) is 5.71. The van der Waals surface area contributed by atoms with Crippen molar-refractivity contribution in [2.75, 3.05) is 11.6 Å². The summed E-state index contributed by atoms with van der Waals surface area (Å²) in [5.74, 6) is 1.10. The predicted molar refractivity (Wildman–Crippen MR) is 78.4 cm³/mol. The van der Waals surface area contributed by atoms with E-state index in [1.807, 2.05) is 0 Å². The Morgan fingerprint density at radius 1 is 1.33 bits per heavy atom. The van der Waals surface area contributed by atoms with Crippen LogP contribution in [0.25, 0.3) is 16.7 Å². The van der Waals surface area contributed by atoms with E-state index in [0.29, 0.717) is 41.6 Å². The van der Waals surface area contributed by atoms with Crippen LogP contribution in [0.3, 0.4) is 0 Å². The lowest BCUT2D eigenvalue weighted by Gasteiger charge is -2.01. The molecule has 0 aliphatic heterocycles. The van der Waals surface area contributed by atoms with Crippen molar-refractivity contribution in [1.82, 2.24) is 28.9 Å². The molecule has 1 saturated carbocycles. The molecule has 0 aromatic carbocycles. The van der Waals surface area contributed by atoms with E-state index in [-0.39, 0.29) is 11.6 Å². The molecular formula is C12H14ClN7O.